The van der Waals surface area contributed by atoms with Crippen LogP contribution >= 0.6 is 11.8 Å². The molecule has 6 nitrogen and oxygen atoms in total. The van der Waals surface area contributed by atoms with Gasteiger partial charge in [-0.1, -0.05) is 11.8 Å². The molecule has 0 aliphatic rings. The molecule has 0 aliphatic carbocycles. The molecule has 100 valence electrons. The van der Waals surface area contributed by atoms with Crippen molar-refractivity contribution in [2.24, 2.45) is 0 Å². The van der Waals surface area contributed by atoms with E-state index in [1.54, 1.807) is 6.92 Å². The van der Waals surface area contributed by atoms with E-state index < -0.39 is 12.3 Å². The fourth-order valence-electron chi connectivity index (χ4n) is 1.30. The number of hydrogen-bond donors (Lipinski definition) is 0. The fourth-order valence-corrected chi connectivity index (χ4v) is 1.69. The van der Waals surface area contributed by atoms with E-state index in [-0.39, 0.29) is 5.69 Å². The summed E-state index contributed by atoms with van der Waals surface area (Å²) >= 11 is 1.33. The van der Waals surface area contributed by atoms with Gasteiger partial charge < -0.3 is 14.2 Å². The van der Waals surface area contributed by atoms with Gasteiger partial charge in [0.2, 0.25) is 6.29 Å². The summed E-state index contributed by atoms with van der Waals surface area (Å²) in [6.07, 6.45) is 1.19. The molecule has 0 aromatic carbocycles. The maximum atomic E-state index is 11.7. The average Bonchev–Trinajstić information content (AvgIpc) is 2.40. The van der Waals surface area contributed by atoms with Gasteiger partial charge in [-0.25, -0.2) is 14.8 Å². The van der Waals surface area contributed by atoms with E-state index in [0.29, 0.717) is 17.5 Å². The van der Waals surface area contributed by atoms with Gasteiger partial charge in [-0.05, 0) is 19.2 Å². The van der Waals surface area contributed by atoms with E-state index in [2.05, 4.69) is 9.97 Å². The fraction of sp³-hybridized carbons (Fsp3) is 0.545. The zero-order valence-electron chi connectivity index (χ0n) is 10.8. The van der Waals surface area contributed by atoms with E-state index in [0.717, 1.165) is 0 Å². The van der Waals surface area contributed by atoms with E-state index in [1.165, 1.54) is 32.0 Å². The molecule has 0 amide bonds. The molecule has 0 atom stereocenters. The first-order valence-electron chi connectivity index (χ1n) is 5.31. The number of hydrogen-bond acceptors (Lipinski definition) is 7. The Morgan fingerprint density at radius 3 is 2.56 bits per heavy atom. The molecule has 0 N–H and O–H groups in total. The van der Waals surface area contributed by atoms with Crippen LogP contribution in [0.5, 0.6) is 0 Å². The molecule has 0 fully saturated rings. The number of ether oxygens (including phenoxy) is 3. The van der Waals surface area contributed by atoms with Gasteiger partial charge >= 0.3 is 5.97 Å². The van der Waals surface area contributed by atoms with E-state index in [1.807, 2.05) is 6.26 Å². The lowest BCUT2D eigenvalue weighted by atomic mass is 10.3. The molecule has 1 aromatic rings. The lowest BCUT2D eigenvalue weighted by Gasteiger charge is -2.14. The minimum Gasteiger partial charge on any atom is -0.461 e. The lowest BCUT2D eigenvalue weighted by Crippen LogP contribution is -2.13. The second-order valence-electron chi connectivity index (χ2n) is 3.19. The summed E-state index contributed by atoms with van der Waals surface area (Å²) < 4.78 is 15.1. The van der Waals surface area contributed by atoms with Crippen LogP contribution in [0.25, 0.3) is 0 Å². The quantitative estimate of drug-likeness (QED) is 0.337. The van der Waals surface area contributed by atoms with Gasteiger partial charge in [0.05, 0.1) is 6.61 Å². The number of aromatic nitrogens is 2. The Balaban J connectivity index is 3.12. The zero-order chi connectivity index (χ0) is 13.5. The number of nitrogens with zero attached hydrogens (tertiary/aromatic N) is 2. The van der Waals surface area contributed by atoms with Crippen LogP contribution in [0.15, 0.2) is 11.2 Å². The van der Waals surface area contributed by atoms with Crippen molar-refractivity contribution in [2.45, 2.75) is 18.4 Å². The molecule has 0 aliphatic heterocycles. The zero-order valence-corrected chi connectivity index (χ0v) is 11.6. The third kappa shape index (κ3) is 3.66. The normalized spacial score (nSPS) is 10.7. The summed E-state index contributed by atoms with van der Waals surface area (Å²) in [5, 5.41) is 0.467. The minimum atomic E-state index is -0.632. The molecule has 0 unspecified atom stereocenters. The van der Waals surface area contributed by atoms with E-state index in [4.69, 9.17) is 14.2 Å². The monoisotopic (exact) mass is 272 g/mol. The van der Waals surface area contributed by atoms with Crippen molar-refractivity contribution < 1.29 is 19.0 Å². The third-order valence-corrected chi connectivity index (χ3v) is 2.61. The van der Waals surface area contributed by atoms with Crippen LogP contribution in [-0.4, -0.2) is 43.0 Å². The van der Waals surface area contributed by atoms with Gasteiger partial charge in [-0.15, -0.1) is 0 Å². The number of rotatable bonds is 6. The predicted octanol–water partition coefficient (Wildman–Crippen LogP) is 1.67. The second-order valence-corrected chi connectivity index (χ2v) is 3.96. The van der Waals surface area contributed by atoms with E-state index >= 15 is 0 Å². The number of thioether (sulfide) groups is 1. The highest BCUT2D eigenvalue weighted by Gasteiger charge is 2.18. The highest BCUT2D eigenvalue weighted by Crippen LogP contribution is 2.19. The summed E-state index contributed by atoms with van der Waals surface area (Å²) in [7, 11) is 3.00. The maximum Gasteiger partial charge on any atom is 0.357 e. The van der Waals surface area contributed by atoms with Crippen LogP contribution in [0.2, 0.25) is 0 Å². The van der Waals surface area contributed by atoms with Crippen LogP contribution in [0.4, 0.5) is 0 Å². The van der Waals surface area contributed by atoms with Gasteiger partial charge in [0.15, 0.2) is 10.9 Å². The second kappa shape index (κ2) is 7.30. The maximum absolute atomic E-state index is 11.7. The van der Waals surface area contributed by atoms with Crippen LogP contribution in [-0.2, 0) is 14.2 Å². The van der Waals surface area contributed by atoms with Gasteiger partial charge in [0, 0.05) is 14.2 Å². The molecule has 0 saturated carbocycles. The standard InChI is InChI=1S/C11H16N2O4S/c1-5-17-9(14)7-6-8(10(15-2)16-3)13-11(12-7)18-4/h6,10H,5H2,1-4H3. The number of methoxy groups -OCH3 is 2. The largest absolute Gasteiger partial charge is 0.461 e. The first-order valence-corrected chi connectivity index (χ1v) is 6.54. The molecule has 18 heavy (non-hydrogen) atoms. The molecular weight excluding hydrogens is 256 g/mol. The summed E-state index contributed by atoms with van der Waals surface area (Å²) in [6, 6.07) is 1.51. The molecule has 0 saturated heterocycles. The van der Waals surface area contributed by atoms with Crippen LogP contribution in [0.3, 0.4) is 0 Å². The Bertz CT molecular complexity index is 410. The molecule has 0 spiro atoms. The van der Waals surface area contributed by atoms with Crippen LogP contribution in [0, 0.1) is 0 Å². The Labute approximate surface area is 110 Å². The molecular formula is C11H16N2O4S. The SMILES string of the molecule is CCOC(=O)c1cc(C(OC)OC)nc(SC)n1. The van der Waals surface area contributed by atoms with E-state index in [9.17, 15) is 4.79 Å². The highest BCUT2D eigenvalue weighted by atomic mass is 32.2. The third-order valence-electron chi connectivity index (χ3n) is 2.06. The Morgan fingerprint density at radius 1 is 1.39 bits per heavy atom. The first-order chi connectivity index (χ1) is 8.65. The smallest absolute Gasteiger partial charge is 0.357 e. The summed E-state index contributed by atoms with van der Waals surface area (Å²) in [5.74, 6) is -0.484. The molecule has 1 aromatic heterocycles. The molecule has 7 heteroatoms. The average molecular weight is 272 g/mol. The molecule has 0 bridgehead atoms. The van der Waals surface area contributed by atoms with Crippen molar-refractivity contribution in [2.75, 3.05) is 27.1 Å². The number of carbonyl (C=O) groups is 1. The van der Waals surface area contributed by atoms with Gasteiger partial charge in [-0.2, -0.15) is 0 Å². The summed E-state index contributed by atoms with van der Waals surface area (Å²) in [4.78, 5) is 20.0. The highest BCUT2D eigenvalue weighted by molar-refractivity contribution is 7.98. The Morgan fingerprint density at radius 2 is 2.06 bits per heavy atom. The van der Waals surface area contributed by atoms with Gasteiger partial charge in [0.1, 0.15) is 5.69 Å². The summed E-state index contributed by atoms with van der Waals surface area (Å²) in [5.41, 5.74) is 0.688. The van der Waals surface area contributed by atoms with Crippen molar-refractivity contribution in [3.8, 4) is 0 Å². The van der Waals surface area contributed by atoms with Crippen molar-refractivity contribution in [1.82, 2.24) is 9.97 Å². The summed E-state index contributed by atoms with van der Waals surface area (Å²) in [6.45, 7) is 2.04. The number of carbonyl (C=O) groups excluding carboxylic acids is 1. The minimum absolute atomic E-state index is 0.199. The molecule has 1 heterocycles. The first kappa shape index (κ1) is 14.9. The van der Waals surface area contributed by atoms with Gasteiger partial charge in [-0.3, -0.25) is 0 Å². The Hall–Kier alpha value is -1.18. The predicted molar refractivity (Wildman–Crippen MR) is 66.5 cm³/mol. The van der Waals surface area contributed by atoms with Crippen molar-refractivity contribution >= 4 is 17.7 Å². The van der Waals surface area contributed by atoms with Crippen molar-refractivity contribution in [3.05, 3.63) is 17.5 Å². The van der Waals surface area contributed by atoms with Crippen LogP contribution in [0.1, 0.15) is 29.4 Å². The lowest BCUT2D eigenvalue weighted by molar-refractivity contribution is -0.109. The van der Waals surface area contributed by atoms with Crippen molar-refractivity contribution in [1.29, 1.82) is 0 Å². The number of esters is 1. The molecule has 1 rings (SSSR count). The van der Waals surface area contributed by atoms with Gasteiger partial charge in [0.25, 0.3) is 0 Å². The topological polar surface area (TPSA) is 70.5 Å². The Kier molecular flexibility index (Phi) is 6.03. The van der Waals surface area contributed by atoms with Crippen LogP contribution < -0.4 is 0 Å². The van der Waals surface area contributed by atoms with Crippen molar-refractivity contribution in [3.63, 3.8) is 0 Å². The molecule has 0 radical (unpaired) electrons.